The van der Waals surface area contributed by atoms with Gasteiger partial charge in [-0.05, 0) is 31.2 Å². The van der Waals surface area contributed by atoms with E-state index in [1.54, 1.807) is 37.3 Å². The molecule has 2 rings (SSSR count). The number of nitrogens with zero attached hydrogens (tertiary/aromatic N) is 2. The molecular formula is C14H13ClN4O3S. The molecule has 0 spiro atoms. The lowest BCUT2D eigenvalue weighted by Crippen LogP contribution is -2.34. The van der Waals surface area contributed by atoms with Gasteiger partial charge in [0.25, 0.3) is 5.91 Å². The summed E-state index contributed by atoms with van der Waals surface area (Å²) in [6, 6.07) is 9.44. The standard InChI is InChI=1S/C14H13ClN4O3S/c1-9(17-11-4-2-3-10(15)7-11)14(20)18-16-8-12-5-6-13(23-12)19(21)22/h2-9,17H,1H3,(H,18,20). The number of rotatable bonds is 6. The molecule has 1 unspecified atom stereocenters. The van der Waals surface area contributed by atoms with Crippen molar-refractivity contribution in [1.82, 2.24) is 5.43 Å². The molecule has 0 radical (unpaired) electrons. The average Bonchev–Trinajstić information content (AvgIpc) is 2.96. The summed E-state index contributed by atoms with van der Waals surface area (Å²) in [5.41, 5.74) is 3.10. The molecule has 120 valence electrons. The van der Waals surface area contributed by atoms with Crippen molar-refractivity contribution in [2.24, 2.45) is 5.10 Å². The van der Waals surface area contributed by atoms with Gasteiger partial charge in [-0.2, -0.15) is 5.10 Å². The van der Waals surface area contributed by atoms with Crippen LogP contribution in [0.25, 0.3) is 0 Å². The predicted molar refractivity (Wildman–Crippen MR) is 91.2 cm³/mol. The second kappa shape index (κ2) is 7.70. The number of hydrogen-bond donors (Lipinski definition) is 2. The van der Waals surface area contributed by atoms with Crippen LogP contribution >= 0.6 is 22.9 Å². The molecule has 0 aliphatic heterocycles. The largest absolute Gasteiger partial charge is 0.374 e. The molecule has 0 aliphatic carbocycles. The highest BCUT2D eigenvalue weighted by atomic mass is 35.5. The molecule has 0 fully saturated rings. The summed E-state index contributed by atoms with van der Waals surface area (Å²) in [7, 11) is 0. The third-order valence-corrected chi connectivity index (χ3v) is 3.97. The van der Waals surface area contributed by atoms with E-state index in [1.165, 1.54) is 12.3 Å². The maximum Gasteiger partial charge on any atom is 0.324 e. The first-order valence-electron chi connectivity index (χ1n) is 6.55. The molecule has 0 saturated heterocycles. The van der Waals surface area contributed by atoms with E-state index in [1.807, 2.05) is 0 Å². The Bertz CT molecular complexity index is 747. The number of anilines is 1. The van der Waals surface area contributed by atoms with Crippen molar-refractivity contribution in [3.05, 3.63) is 56.4 Å². The molecule has 2 N–H and O–H groups in total. The van der Waals surface area contributed by atoms with Crippen molar-refractivity contribution in [2.45, 2.75) is 13.0 Å². The molecular weight excluding hydrogens is 340 g/mol. The number of nitrogens with one attached hydrogen (secondary N) is 2. The Labute approximate surface area is 141 Å². The molecule has 0 saturated carbocycles. The Morgan fingerprint density at radius 3 is 2.87 bits per heavy atom. The van der Waals surface area contributed by atoms with E-state index in [0.717, 1.165) is 17.0 Å². The van der Waals surface area contributed by atoms with E-state index in [-0.39, 0.29) is 10.9 Å². The SMILES string of the molecule is CC(Nc1cccc(Cl)c1)C(=O)NN=Cc1ccc([N+](=O)[O-])s1. The van der Waals surface area contributed by atoms with Gasteiger partial charge < -0.3 is 5.32 Å². The topological polar surface area (TPSA) is 96.6 Å². The smallest absolute Gasteiger partial charge is 0.324 e. The van der Waals surface area contributed by atoms with Crippen LogP contribution in [0.15, 0.2) is 41.5 Å². The van der Waals surface area contributed by atoms with E-state index in [2.05, 4.69) is 15.8 Å². The quantitative estimate of drug-likeness (QED) is 0.473. The van der Waals surface area contributed by atoms with Crippen molar-refractivity contribution in [2.75, 3.05) is 5.32 Å². The molecule has 1 aromatic carbocycles. The molecule has 9 heteroatoms. The van der Waals surface area contributed by atoms with Gasteiger partial charge in [0.2, 0.25) is 0 Å². The molecule has 2 aromatic rings. The highest BCUT2D eigenvalue weighted by molar-refractivity contribution is 7.16. The first-order chi connectivity index (χ1) is 11.0. The van der Waals surface area contributed by atoms with Crippen LogP contribution in [0.4, 0.5) is 10.7 Å². The fraction of sp³-hybridized carbons (Fsp3) is 0.143. The average molecular weight is 353 g/mol. The van der Waals surface area contributed by atoms with Crippen molar-refractivity contribution in [1.29, 1.82) is 0 Å². The van der Waals surface area contributed by atoms with E-state index in [0.29, 0.717) is 9.90 Å². The second-order valence-electron chi connectivity index (χ2n) is 4.54. The summed E-state index contributed by atoms with van der Waals surface area (Å²) < 4.78 is 0. The van der Waals surface area contributed by atoms with Gasteiger partial charge in [-0.25, -0.2) is 5.43 Å². The summed E-state index contributed by atoms with van der Waals surface area (Å²) in [6.45, 7) is 1.68. The number of halogens is 1. The Morgan fingerprint density at radius 2 is 2.22 bits per heavy atom. The summed E-state index contributed by atoms with van der Waals surface area (Å²) in [5, 5.41) is 17.9. The number of hydrogen-bond acceptors (Lipinski definition) is 6. The van der Waals surface area contributed by atoms with Crippen LogP contribution in [0, 0.1) is 10.1 Å². The molecule has 1 aromatic heterocycles. The van der Waals surface area contributed by atoms with Crippen molar-refractivity contribution in [3.8, 4) is 0 Å². The van der Waals surface area contributed by atoms with Crippen LogP contribution in [0.5, 0.6) is 0 Å². The monoisotopic (exact) mass is 352 g/mol. The molecule has 7 nitrogen and oxygen atoms in total. The number of carbonyl (C=O) groups is 1. The first kappa shape index (κ1) is 16.9. The lowest BCUT2D eigenvalue weighted by atomic mass is 10.2. The van der Waals surface area contributed by atoms with Gasteiger partial charge in [0.05, 0.1) is 16.0 Å². The predicted octanol–water partition coefficient (Wildman–Crippen LogP) is 3.26. The summed E-state index contributed by atoms with van der Waals surface area (Å²) in [6.07, 6.45) is 1.36. The maximum atomic E-state index is 11.9. The first-order valence-corrected chi connectivity index (χ1v) is 7.74. The number of benzene rings is 1. The fourth-order valence-corrected chi connectivity index (χ4v) is 2.54. The molecule has 0 bridgehead atoms. The molecule has 1 atom stereocenters. The van der Waals surface area contributed by atoms with Crippen LogP contribution in [0.3, 0.4) is 0 Å². The van der Waals surface area contributed by atoms with Gasteiger partial charge >= 0.3 is 5.00 Å². The lowest BCUT2D eigenvalue weighted by Gasteiger charge is -2.13. The Morgan fingerprint density at radius 1 is 1.43 bits per heavy atom. The van der Waals surface area contributed by atoms with Crippen molar-refractivity contribution < 1.29 is 9.72 Å². The summed E-state index contributed by atoms with van der Waals surface area (Å²) in [5.74, 6) is -0.340. The summed E-state index contributed by atoms with van der Waals surface area (Å²) >= 11 is 6.85. The van der Waals surface area contributed by atoms with E-state index >= 15 is 0 Å². The normalized spacial score (nSPS) is 12.1. The molecule has 1 amide bonds. The van der Waals surface area contributed by atoms with Gasteiger partial charge in [0, 0.05) is 16.8 Å². The molecule has 1 heterocycles. The number of thiophene rings is 1. The highest BCUT2D eigenvalue weighted by Gasteiger charge is 2.12. The number of amides is 1. The van der Waals surface area contributed by atoms with Gasteiger partial charge in [0.1, 0.15) is 6.04 Å². The Kier molecular flexibility index (Phi) is 5.67. The van der Waals surface area contributed by atoms with Crippen LogP contribution in [-0.2, 0) is 4.79 Å². The van der Waals surface area contributed by atoms with Gasteiger partial charge in [0.15, 0.2) is 0 Å². The van der Waals surface area contributed by atoms with Gasteiger partial charge in [-0.1, -0.05) is 29.0 Å². The summed E-state index contributed by atoms with van der Waals surface area (Å²) in [4.78, 5) is 22.6. The van der Waals surface area contributed by atoms with Crippen LogP contribution in [0.1, 0.15) is 11.8 Å². The minimum Gasteiger partial charge on any atom is -0.374 e. The zero-order chi connectivity index (χ0) is 16.8. The van der Waals surface area contributed by atoms with E-state index in [4.69, 9.17) is 11.6 Å². The Balaban J connectivity index is 1.88. The van der Waals surface area contributed by atoms with Crippen molar-refractivity contribution in [3.63, 3.8) is 0 Å². The van der Waals surface area contributed by atoms with Crippen molar-refractivity contribution >= 4 is 45.7 Å². The molecule has 0 aliphatic rings. The fourth-order valence-electron chi connectivity index (χ4n) is 1.66. The number of carbonyl (C=O) groups excluding carboxylic acids is 1. The van der Waals surface area contributed by atoms with E-state index in [9.17, 15) is 14.9 Å². The van der Waals surface area contributed by atoms with Crippen LogP contribution < -0.4 is 10.7 Å². The number of hydrazone groups is 1. The van der Waals surface area contributed by atoms with Crippen LogP contribution in [-0.4, -0.2) is 23.1 Å². The lowest BCUT2D eigenvalue weighted by molar-refractivity contribution is -0.380. The Hall–Kier alpha value is -2.45. The minimum absolute atomic E-state index is 0.0220. The zero-order valence-corrected chi connectivity index (χ0v) is 13.6. The third kappa shape index (κ3) is 5.04. The third-order valence-electron chi connectivity index (χ3n) is 2.76. The highest BCUT2D eigenvalue weighted by Crippen LogP contribution is 2.22. The minimum atomic E-state index is -0.525. The second-order valence-corrected chi connectivity index (χ2v) is 6.07. The van der Waals surface area contributed by atoms with E-state index < -0.39 is 11.0 Å². The maximum absolute atomic E-state index is 11.9. The van der Waals surface area contributed by atoms with Gasteiger partial charge in [-0.15, -0.1) is 0 Å². The number of nitro groups is 1. The zero-order valence-electron chi connectivity index (χ0n) is 12.0. The van der Waals surface area contributed by atoms with Gasteiger partial charge in [-0.3, -0.25) is 14.9 Å². The van der Waals surface area contributed by atoms with Crippen LogP contribution in [0.2, 0.25) is 5.02 Å². The molecule has 23 heavy (non-hydrogen) atoms.